The quantitative estimate of drug-likeness (QED) is 0.560. The van der Waals surface area contributed by atoms with Crippen LogP contribution in [0.4, 0.5) is 5.82 Å². The molecule has 32 heavy (non-hydrogen) atoms. The predicted molar refractivity (Wildman–Crippen MR) is 122 cm³/mol. The molecule has 9 heteroatoms. The third kappa shape index (κ3) is 4.46. The van der Waals surface area contributed by atoms with E-state index in [1.165, 1.54) is 0 Å². The maximum Gasteiger partial charge on any atom is 0.260 e. The van der Waals surface area contributed by atoms with Gasteiger partial charge in [-0.2, -0.15) is 5.10 Å². The monoisotopic (exact) mass is 438 g/mol. The molecular weight excluding hydrogens is 408 g/mol. The molecule has 0 radical (unpaired) electrons. The molecule has 2 aromatic heterocycles. The second-order valence-corrected chi connectivity index (χ2v) is 7.78. The van der Waals surface area contributed by atoms with Crippen molar-refractivity contribution < 1.29 is 14.3 Å². The highest BCUT2D eigenvalue weighted by molar-refractivity contribution is 5.88. The van der Waals surface area contributed by atoms with Crippen molar-refractivity contribution in [3.05, 3.63) is 35.8 Å². The van der Waals surface area contributed by atoms with Gasteiger partial charge in [-0.25, -0.2) is 9.97 Å². The molecule has 1 aliphatic rings. The Bertz CT molecular complexity index is 1090. The molecule has 0 saturated carbocycles. The summed E-state index contributed by atoms with van der Waals surface area (Å²) in [5.74, 6) is 3.13. The van der Waals surface area contributed by atoms with Crippen molar-refractivity contribution in [1.82, 2.24) is 24.6 Å². The largest absolute Gasteiger partial charge is 0.494 e. The zero-order valence-corrected chi connectivity index (χ0v) is 19.2. The number of benzene rings is 1. The van der Waals surface area contributed by atoms with Crippen LogP contribution in [0.15, 0.2) is 24.3 Å². The zero-order chi connectivity index (χ0) is 22.7. The Hall–Kier alpha value is -3.36. The van der Waals surface area contributed by atoms with Crippen molar-refractivity contribution in [2.75, 3.05) is 44.3 Å². The summed E-state index contributed by atoms with van der Waals surface area (Å²) in [7, 11) is 1.92. The summed E-state index contributed by atoms with van der Waals surface area (Å²) >= 11 is 0. The second kappa shape index (κ2) is 9.42. The molecule has 170 valence electrons. The Balaban J connectivity index is 1.38. The van der Waals surface area contributed by atoms with Gasteiger partial charge >= 0.3 is 0 Å². The maximum atomic E-state index is 12.7. The second-order valence-electron chi connectivity index (χ2n) is 7.78. The molecule has 0 unspecified atom stereocenters. The summed E-state index contributed by atoms with van der Waals surface area (Å²) in [6.07, 6.45) is 0.763. The lowest BCUT2D eigenvalue weighted by Gasteiger charge is -2.35. The number of anilines is 1. The third-order valence-electron chi connectivity index (χ3n) is 5.62. The van der Waals surface area contributed by atoms with E-state index in [0.717, 1.165) is 40.5 Å². The zero-order valence-electron chi connectivity index (χ0n) is 19.2. The standard InChI is InChI=1S/C23H30N6O3/c1-5-19-24-21-16(3)26-27(4)22(21)23(25-19)29-13-11-28(12-14-29)20(30)15-32-18-9-7-17(8-10-18)31-6-2/h7-10H,5-6,11-15H2,1-4H3. The van der Waals surface area contributed by atoms with Gasteiger partial charge in [-0.3, -0.25) is 9.48 Å². The number of aromatic nitrogens is 4. The van der Waals surface area contributed by atoms with Crippen LogP contribution < -0.4 is 14.4 Å². The first kappa shape index (κ1) is 21.9. The normalized spacial score (nSPS) is 14.1. The van der Waals surface area contributed by atoms with Crippen molar-refractivity contribution in [3.63, 3.8) is 0 Å². The van der Waals surface area contributed by atoms with Crippen LogP contribution in [0.5, 0.6) is 11.5 Å². The van der Waals surface area contributed by atoms with Gasteiger partial charge in [-0.15, -0.1) is 0 Å². The van der Waals surface area contributed by atoms with Crippen LogP contribution in [-0.2, 0) is 18.3 Å². The van der Waals surface area contributed by atoms with E-state index in [1.54, 1.807) is 0 Å². The van der Waals surface area contributed by atoms with E-state index in [-0.39, 0.29) is 12.5 Å². The molecule has 1 aliphatic heterocycles. The Morgan fingerprint density at radius 2 is 1.66 bits per heavy atom. The number of carbonyl (C=O) groups excluding carboxylic acids is 1. The van der Waals surface area contributed by atoms with Gasteiger partial charge in [-0.05, 0) is 38.1 Å². The van der Waals surface area contributed by atoms with E-state index in [1.807, 2.05) is 54.7 Å². The number of fused-ring (bicyclic) bond motifs is 1. The molecule has 3 heterocycles. The number of carbonyl (C=O) groups is 1. The van der Waals surface area contributed by atoms with Crippen LogP contribution in [0.1, 0.15) is 25.4 Å². The van der Waals surface area contributed by atoms with E-state index < -0.39 is 0 Å². The highest BCUT2D eigenvalue weighted by Gasteiger charge is 2.25. The Kier molecular flexibility index (Phi) is 6.43. The molecule has 4 rings (SSSR count). The van der Waals surface area contributed by atoms with Crippen LogP contribution in [0.2, 0.25) is 0 Å². The van der Waals surface area contributed by atoms with Gasteiger partial charge in [0.25, 0.3) is 5.91 Å². The summed E-state index contributed by atoms with van der Waals surface area (Å²) in [6.45, 7) is 9.25. The van der Waals surface area contributed by atoms with Crippen molar-refractivity contribution in [3.8, 4) is 11.5 Å². The number of amides is 1. The molecule has 1 fully saturated rings. The van der Waals surface area contributed by atoms with Crippen LogP contribution in [0, 0.1) is 6.92 Å². The number of ether oxygens (including phenoxy) is 2. The van der Waals surface area contributed by atoms with Gasteiger partial charge in [0, 0.05) is 39.6 Å². The van der Waals surface area contributed by atoms with E-state index in [2.05, 4.69) is 21.9 Å². The van der Waals surface area contributed by atoms with Gasteiger partial charge in [0.2, 0.25) is 0 Å². The number of aryl methyl sites for hydroxylation is 3. The molecule has 0 spiro atoms. The van der Waals surface area contributed by atoms with Crippen molar-refractivity contribution in [1.29, 1.82) is 0 Å². The fourth-order valence-electron chi connectivity index (χ4n) is 3.94. The highest BCUT2D eigenvalue weighted by Crippen LogP contribution is 2.27. The fraction of sp³-hybridized carbons (Fsp3) is 0.478. The third-order valence-corrected chi connectivity index (χ3v) is 5.62. The molecule has 9 nitrogen and oxygen atoms in total. The molecule has 0 N–H and O–H groups in total. The van der Waals surface area contributed by atoms with Gasteiger partial charge < -0.3 is 19.3 Å². The highest BCUT2D eigenvalue weighted by atomic mass is 16.5. The maximum absolute atomic E-state index is 12.7. The molecule has 1 amide bonds. The first-order chi connectivity index (χ1) is 15.5. The predicted octanol–water partition coefficient (Wildman–Crippen LogP) is 2.36. The van der Waals surface area contributed by atoms with Crippen LogP contribution in [0.25, 0.3) is 11.0 Å². The van der Waals surface area contributed by atoms with E-state index in [9.17, 15) is 4.79 Å². The van der Waals surface area contributed by atoms with Crippen molar-refractivity contribution in [2.24, 2.45) is 7.05 Å². The Labute approximate surface area is 187 Å². The first-order valence-corrected chi connectivity index (χ1v) is 11.1. The SMILES string of the molecule is CCOc1ccc(OCC(=O)N2CCN(c3nc(CC)nc4c(C)nn(C)c34)CC2)cc1. The molecule has 0 bridgehead atoms. The topological polar surface area (TPSA) is 85.6 Å². The fourth-order valence-corrected chi connectivity index (χ4v) is 3.94. The first-order valence-electron chi connectivity index (χ1n) is 11.1. The lowest BCUT2D eigenvalue weighted by atomic mass is 10.2. The molecule has 0 atom stereocenters. The molecule has 1 saturated heterocycles. The minimum Gasteiger partial charge on any atom is -0.494 e. The summed E-state index contributed by atoms with van der Waals surface area (Å²) in [6, 6.07) is 7.32. The van der Waals surface area contributed by atoms with Gasteiger partial charge in [0.1, 0.15) is 28.4 Å². The molecule has 0 aliphatic carbocycles. The molecular formula is C23H30N6O3. The summed E-state index contributed by atoms with van der Waals surface area (Å²) in [4.78, 5) is 26.2. The Morgan fingerprint density at radius 1 is 1.00 bits per heavy atom. The average Bonchev–Trinajstić information content (AvgIpc) is 3.11. The summed E-state index contributed by atoms with van der Waals surface area (Å²) in [5.41, 5.74) is 2.75. The van der Waals surface area contributed by atoms with Crippen molar-refractivity contribution in [2.45, 2.75) is 27.2 Å². The summed E-state index contributed by atoms with van der Waals surface area (Å²) in [5, 5.41) is 4.53. The van der Waals surface area contributed by atoms with Crippen molar-refractivity contribution >= 4 is 22.8 Å². The van der Waals surface area contributed by atoms with E-state index in [0.29, 0.717) is 38.5 Å². The van der Waals surface area contributed by atoms with E-state index >= 15 is 0 Å². The number of piperazine rings is 1. The number of hydrogen-bond acceptors (Lipinski definition) is 7. The molecule has 3 aromatic rings. The minimum absolute atomic E-state index is 0.0167. The number of rotatable bonds is 7. The van der Waals surface area contributed by atoms with E-state index in [4.69, 9.17) is 14.5 Å². The molecule has 1 aromatic carbocycles. The van der Waals surface area contributed by atoms with Gasteiger partial charge in [0.05, 0.1) is 12.3 Å². The van der Waals surface area contributed by atoms with Crippen LogP contribution >= 0.6 is 0 Å². The minimum atomic E-state index is -0.0167. The smallest absolute Gasteiger partial charge is 0.260 e. The summed E-state index contributed by atoms with van der Waals surface area (Å²) < 4.78 is 13.0. The lowest BCUT2D eigenvalue weighted by Crippen LogP contribution is -2.50. The van der Waals surface area contributed by atoms with Gasteiger partial charge in [-0.1, -0.05) is 6.92 Å². The number of nitrogens with zero attached hydrogens (tertiary/aromatic N) is 6. The van der Waals surface area contributed by atoms with Gasteiger partial charge in [0.15, 0.2) is 12.4 Å². The van der Waals surface area contributed by atoms with Crippen LogP contribution in [0.3, 0.4) is 0 Å². The lowest BCUT2D eigenvalue weighted by molar-refractivity contribution is -0.133. The van der Waals surface area contributed by atoms with Crippen LogP contribution in [-0.4, -0.2) is 69.9 Å². The Morgan fingerprint density at radius 3 is 2.28 bits per heavy atom. The average molecular weight is 439 g/mol. The number of hydrogen-bond donors (Lipinski definition) is 0.